The first-order chi connectivity index (χ1) is 13.8. The van der Waals surface area contributed by atoms with Gasteiger partial charge in [0.15, 0.2) is 0 Å². The Hall–Kier alpha value is -2.35. The second-order valence-electron chi connectivity index (χ2n) is 6.96. The maximum absolute atomic E-state index is 13.3. The molecule has 0 aliphatic carbocycles. The first-order valence-corrected chi connectivity index (χ1v) is 10.4. The van der Waals surface area contributed by atoms with Gasteiger partial charge in [0.1, 0.15) is 0 Å². The second-order valence-corrected chi connectivity index (χ2v) is 7.81. The highest BCUT2D eigenvalue weighted by molar-refractivity contribution is 8.00. The Morgan fingerprint density at radius 1 is 1.14 bits per heavy atom. The average molecular weight is 424 g/mol. The Morgan fingerprint density at radius 3 is 2.48 bits per heavy atom. The number of nitrogens with zero attached hydrogens (tertiary/aromatic N) is 1. The quantitative estimate of drug-likeness (QED) is 0.551. The summed E-state index contributed by atoms with van der Waals surface area (Å²) in [7, 11) is 0. The molecule has 29 heavy (non-hydrogen) atoms. The van der Waals surface area contributed by atoms with Gasteiger partial charge in [-0.3, -0.25) is 0 Å². The van der Waals surface area contributed by atoms with E-state index in [2.05, 4.69) is 9.62 Å². The molecule has 0 spiro atoms. The molecule has 0 aromatic heterocycles. The van der Waals surface area contributed by atoms with Crippen LogP contribution < -0.4 is 9.62 Å². The molecular formula is C21H23F3N2O2S. The molecule has 0 saturated carbocycles. The number of aryl methyl sites for hydroxylation is 1. The number of carboxylic acid groups (broad SMARTS) is 1. The van der Waals surface area contributed by atoms with Gasteiger partial charge in [-0.05, 0) is 73.5 Å². The molecule has 2 aromatic rings. The lowest BCUT2D eigenvalue weighted by atomic mass is 10.1. The number of rotatable bonds is 6. The van der Waals surface area contributed by atoms with Crippen LogP contribution in [0.2, 0.25) is 0 Å². The summed E-state index contributed by atoms with van der Waals surface area (Å²) in [5, 5.41) is 9.24. The molecule has 156 valence electrons. The molecule has 0 atom stereocenters. The molecule has 4 nitrogen and oxygen atoms in total. The summed E-state index contributed by atoms with van der Waals surface area (Å²) in [6, 6.07) is 8.59. The second kappa shape index (κ2) is 8.98. The van der Waals surface area contributed by atoms with Crippen molar-refractivity contribution in [2.24, 2.45) is 0 Å². The van der Waals surface area contributed by atoms with Gasteiger partial charge in [0.05, 0.1) is 22.5 Å². The maximum Gasteiger partial charge on any atom is 0.416 e. The van der Waals surface area contributed by atoms with Crippen LogP contribution in [0.5, 0.6) is 0 Å². The number of benzene rings is 2. The molecule has 2 N–H and O–H groups in total. The molecule has 0 unspecified atom stereocenters. The Kier molecular flexibility index (Phi) is 6.62. The minimum Gasteiger partial charge on any atom is -0.478 e. The van der Waals surface area contributed by atoms with E-state index in [1.165, 1.54) is 12.1 Å². The topological polar surface area (TPSA) is 52.6 Å². The van der Waals surface area contributed by atoms with Gasteiger partial charge in [0, 0.05) is 18.0 Å². The standard InChI is InChI=1S/C21H23F3N2O2S/c1-2-14-6-7-15(20(27)28)12-19(14)29-25-17-13-16(21(22,23)24)8-9-18(17)26-10-4-3-5-11-26/h6-9,12-13,25H,2-5,10-11H2,1H3,(H,27,28). The van der Waals surface area contributed by atoms with Crippen LogP contribution in [0.4, 0.5) is 24.5 Å². The normalized spacial score (nSPS) is 14.7. The van der Waals surface area contributed by atoms with E-state index in [0.717, 1.165) is 67.7 Å². The predicted octanol–water partition coefficient (Wildman–Crippen LogP) is 6.08. The summed E-state index contributed by atoms with van der Waals surface area (Å²) in [6.07, 6.45) is -0.607. The van der Waals surface area contributed by atoms with Crippen molar-refractivity contribution in [2.45, 2.75) is 43.7 Å². The lowest BCUT2D eigenvalue weighted by Gasteiger charge is -2.31. The minimum atomic E-state index is -4.43. The molecule has 1 aliphatic rings. The van der Waals surface area contributed by atoms with Crippen LogP contribution in [0, 0.1) is 0 Å². The van der Waals surface area contributed by atoms with Gasteiger partial charge in [0.25, 0.3) is 0 Å². The van der Waals surface area contributed by atoms with Gasteiger partial charge in [0.2, 0.25) is 0 Å². The van der Waals surface area contributed by atoms with Gasteiger partial charge in [-0.2, -0.15) is 13.2 Å². The zero-order valence-electron chi connectivity index (χ0n) is 16.1. The molecule has 1 aliphatic heterocycles. The first kappa shape index (κ1) is 21.4. The van der Waals surface area contributed by atoms with E-state index in [0.29, 0.717) is 17.0 Å². The molecule has 8 heteroatoms. The average Bonchev–Trinajstić information content (AvgIpc) is 2.71. The van der Waals surface area contributed by atoms with E-state index < -0.39 is 17.7 Å². The van der Waals surface area contributed by atoms with E-state index in [-0.39, 0.29) is 5.56 Å². The van der Waals surface area contributed by atoms with E-state index >= 15 is 0 Å². The molecule has 1 saturated heterocycles. The van der Waals surface area contributed by atoms with Crippen molar-refractivity contribution >= 4 is 29.3 Å². The van der Waals surface area contributed by atoms with Crippen LogP contribution in [-0.2, 0) is 12.6 Å². The number of carbonyl (C=O) groups is 1. The van der Waals surface area contributed by atoms with Gasteiger partial charge < -0.3 is 14.7 Å². The van der Waals surface area contributed by atoms with Crippen molar-refractivity contribution in [2.75, 3.05) is 22.7 Å². The van der Waals surface area contributed by atoms with Crippen molar-refractivity contribution in [3.05, 3.63) is 53.1 Å². The van der Waals surface area contributed by atoms with Crippen LogP contribution in [0.25, 0.3) is 0 Å². The number of hydrogen-bond donors (Lipinski definition) is 2. The van der Waals surface area contributed by atoms with Gasteiger partial charge in [-0.1, -0.05) is 13.0 Å². The fourth-order valence-corrected chi connectivity index (χ4v) is 4.30. The number of hydrogen-bond acceptors (Lipinski definition) is 4. The molecule has 0 amide bonds. The highest BCUT2D eigenvalue weighted by Gasteiger charge is 2.31. The number of carboxylic acids is 1. The largest absolute Gasteiger partial charge is 0.478 e. The van der Waals surface area contributed by atoms with Gasteiger partial charge in [-0.25, -0.2) is 4.79 Å². The lowest BCUT2D eigenvalue weighted by Crippen LogP contribution is -2.30. The Morgan fingerprint density at radius 2 is 1.86 bits per heavy atom. The molecule has 0 radical (unpaired) electrons. The zero-order chi connectivity index (χ0) is 21.0. The fourth-order valence-electron chi connectivity index (χ4n) is 3.39. The Labute approximate surface area is 172 Å². The molecule has 1 heterocycles. The third-order valence-corrected chi connectivity index (χ3v) is 5.91. The van der Waals surface area contributed by atoms with Gasteiger partial charge >= 0.3 is 12.1 Å². The van der Waals surface area contributed by atoms with Crippen LogP contribution in [0.15, 0.2) is 41.3 Å². The summed E-state index contributed by atoms with van der Waals surface area (Å²) >= 11 is 1.15. The van der Waals surface area contributed by atoms with E-state index in [1.54, 1.807) is 12.1 Å². The monoisotopic (exact) mass is 424 g/mol. The van der Waals surface area contributed by atoms with Crippen LogP contribution in [0.1, 0.15) is 47.7 Å². The number of aromatic carboxylic acids is 1. The predicted molar refractivity (Wildman–Crippen MR) is 110 cm³/mol. The summed E-state index contributed by atoms with van der Waals surface area (Å²) in [6.45, 7) is 3.56. The number of alkyl halides is 3. The van der Waals surface area contributed by atoms with Crippen molar-refractivity contribution in [1.29, 1.82) is 0 Å². The van der Waals surface area contributed by atoms with Gasteiger partial charge in [-0.15, -0.1) is 0 Å². The summed E-state index contributed by atoms with van der Waals surface area (Å²) < 4.78 is 42.8. The minimum absolute atomic E-state index is 0.145. The van der Waals surface area contributed by atoms with Crippen molar-refractivity contribution < 1.29 is 23.1 Å². The van der Waals surface area contributed by atoms with Crippen molar-refractivity contribution in [3.8, 4) is 0 Å². The van der Waals surface area contributed by atoms with Crippen LogP contribution >= 0.6 is 11.9 Å². The van der Waals surface area contributed by atoms with Crippen molar-refractivity contribution in [1.82, 2.24) is 0 Å². The molecule has 3 rings (SSSR count). The maximum atomic E-state index is 13.3. The molecular weight excluding hydrogens is 401 g/mol. The van der Waals surface area contributed by atoms with E-state index in [4.69, 9.17) is 0 Å². The lowest BCUT2D eigenvalue weighted by molar-refractivity contribution is -0.137. The van der Waals surface area contributed by atoms with Crippen LogP contribution in [-0.4, -0.2) is 24.2 Å². The molecule has 2 aromatic carbocycles. The zero-order valence-corrected chi connectivity index (χ0v) is 16.9. The summed E-state index contributed by atoms with van der Waals surface area (Å²) in [5.41, 5.74) is 1.48. The number of anilines is 2. The van der Waals surface area contributed by atoms with Crippen molar-refractivity contribution in [3.63, 3.8) is 0 Å². The SMILES string of the molecule is CCc1ccc(C(=O)O)cc1SNc1cc(C(F)(F)F)ccc1N1CCCCC1. The Balaban J connectivity index is 1.92. The fraction of sp³-hybridized carbons (Fsp3) is 0.381. The number of halogens is 3. The third kappa shape index (κ3) is 5.18. The molecule has 0 bridgehead atoms. The highest BCUT2D eigenvalue weighted by Crippen LogP contribution is 2.38. The van der Waals surface area contributed by atoms with E-state index in [9.17, 15) is 23.1 Å². The van der Waals surface area contributed by atoms with E-state index in [1.807, 2.05) is 6.92 Å². The van der Waals surface area contributed by atoms with Crippen LogP contribution in [0.3, 0.4) is 0 Å². The third-order valence-electron chi connectivity index (χ3n) is 4.99. The highest BCUT2D eigenvalue weighted by atomic mass is 32.2. The first-order valence-electron chi connectivity index (χ1n) is 9.55. The Bertz CT molecular complexity index is 881. The summed E-state index contributed by atoms with van der Waals surface area (Å²) in [5.74, 6) is -1.04. The summed E-state index contributed by atoms with van der Waals surface area (Å²) in [4.78, 5) is 14.1. The number of nitrogens with one attached hydrogen (secondary N) is 1. The molecule has 1 fully saturated rings. The smallest absolute Gasteiger partial charge is 0.416 e. The number of piperidine rings is 1.